The van der Waals surface area contributed by atoms with Gasteiger partial charge in [-0.05, 0) is 27.8 Å². The minimum Gasteiger partial charge on any atom is -0.481 e. The second-order valence-corrected chi connectivity index (χ2v) is 6.37. The molecule has 4 aromatic rings. The van der Waals surface area contributed by atoms with Gasteiger partial charge in [0.15, 0.2) is 6.61 Å². The third-order valence-corrected chi connectivity index (χ3v) is 4.32. The van der Waals surface area contributed by atoms with E-state index in [0.717, 1.165) is 27.1 Å². The van der Waals surface area contributed by atoms with Crippen LogP contribution in [0.25, 0.3) is 21.5 Å². The fourth-order valence-electron chi connectivity index (χ4n) is 3.07. The molecule has 0 atom stereocenters. The van der Waals surface area contributed by atoms with E-state index in [1.54, 1.807) is 6.07 Å². The monoisotopic (exact) mass is 388 g/mol. The Morgan fingerprint density at radius 2 is 1.21 bits per heavy atom. The number of hydrogen-bond donors (Lipinski definition) is 2. The molecule has 2 N–H and O–H groups in total. The number of ether oxygens (including phenoxy) is 1. The lowest BCUT2D eigenvalue weighted by molar-refractivity contribution is -0.139. The average molecular weight is 388 g/mol. The van der Waals surface area contributed by atoms with Gasteiger partial charge in [-0.15, -0.1) is 0 Å². The number of fused-ring (bicyclic) bond motifs is 2. The van der Waals surface area contributed by atoms with Gasteiger partial charge in [-0.2, -0.15) is 0 Å². The summed E-state index contributed by atoms with van der Waals surface area (Å²) in [6.45, 7) is -0.312. The van der Waals surface area contributed by atoms with E-state index in [9.17, 15) is 9.59 Å². The Morgan fingerprint density at radius 1 is 0.655 bits per heavy atom. The van der Waals surface area contributed by atoms with Crippen molar-refractivity contribution in [3.8, 4) is 5.75 Å². The van der Waals surface area contributed by atoms with Crippen LogP contribution < -0.4 is 4.74 Å². The Bertz CT molecular complexity index is 1140. The lowest BCUT2D eigenvalue weighted by atomic mass is 10.0. The largest absolute Gasteiger partial charge is 0.481 e. The van der Waals surface area contributed by atoms with Gasteiger partial charge in [0.05, 0.1) is 6.42 Å². The van der Waals surface area contributed by atoms with E-state index in [2.05, 4.69) is 0 Å². The van der Waals surface area contributed by atoms with Crippen LogP contribution in [-0.2, 0) is 16.0 Å². The Morgan fingerprint density at radius 3 is 1.86 bits per heavy atom. The molecule has 29 heavy (non-hydrogen) atoms. The van der Waals surface area contributed by atoms with Crippen molar-refractivity contribution >= 4 is 33.5 Å². The van der Waals surface area contributed by atoms with Gasteiger partial charge in [-0.25, -0.2) is 4.79 Å². The molecule has 0 saturated carbocycles. The molecular formula is C24H20O5. The Hall–Kier alpha value is -3.86. The first-order valence-electron chi connectivity index (χ1n) is 9.05. The molecule has 0 aliphatic rings. The van der Waals surface area contributed by atoms with Crippen LogP contribution in [0, 0.1) is 0 Å². The van der Waals surface area contributed by atoms with E-state index in [4.69, 9.17) is 14.9 Å². The zero-order valence-corrected chi connectivity index (χ0v) is 15.6. The highest BCUT2D eigenvalue weighted by molar-refractivity contribution is 5.89. The van der Waals surface area contributed by atoms with Crippen molar-refractivity contribution < 1.29 is 24.5 Å². The first-order valence-corrected chi connectivity index (χ1v) is 9.05. The van der Waals surface area contributed by atoms with Crippen molar-refractivity contribution in [2.75, 3.05) is 6.61 Å². The first kappa shape index (κ1) is 19.9. The van der Waals surface area contributed by atoms with Gasteiger partial charge < -0.3 is 14.9 Å². The Kier molecular flexibility index (Phi) is 6.43. The summed E-state index contributed by atoms with van der Waals surface area (Å²) in [5.74, 6) is -1.15. The molecule has 0 aliphatic heterocycles. The molecule has 0 fully saturated rings. The summed E-state index contributed by atoms with van der Waals surface area (Å²) in [5.41, 5.74) is 0.871. The molecule has 4 rings (SSSR count). The summed E-state index contributed by atoms with van der Waals surface area (Å²) in [6, 6.07) is 26.8. The van der Waals surface area contributed by atoms with E-state index in [1.165, 1.54) is 0 Å². The van der Waals surface area contributed by atoms with Crippen molar-refractivity contribution in [3.63, 3.8) is 0 Å². The standard InChI is InChI=1S/C12H10O3.C12H10O2/c13-12(14)8-15-11-7-3-5-9-4-1-2-6-10(9)11;13-12(14)8-10-6-3-5-9-4-1-2-7-11(9)10/h1-7H,8H2,(H,13,14);1-7H,8H2,(H,13,14). The number of carbonyl (C=O) groups is 2. The van der Waals surface area contributed by atoms with Gasteiger partial charge in [0.2, 0.25) is 0 Å². The molecule has 0 bridgehead atoms. The summed E-state index contributed by atoms with van der Waals surface area (Å²) < 4.78 is 5.18. The molecule has 0 aromatic heterocycles. The second kappa shape index (κ2) is 9.37. The van der Waals surface area contributed by atoms with Gasteiger partial charge in [0, 0.05) is 5.39 Å². The smallest absolute Gasteiger partial charge is 0.341 e. The predicted octanol–water partition coefficient (Wildman–Crippen LogP) is 4.77. The fourth-order valence-corrected chi connectivity index (χ4v) is 3.07. The summed E-state index contributed by atoms with van der Waals surface area (Å²) in [7, 11) is 0. The van der Waals surface area contributed by atoms with Crippen molar-refractivity contribution in [2.24, 2.45) is 0 Å². The first-order chi connectivity index (χ1) is 14.0. The van der Waals surface area contributed by atoms with E-state index < -0.39 is 11.9 Å². The Labute approximate surface area is 167 Å². The molecular weight excluding hydrogens is 368 g/mol. The number of hydrogen-bond acceptors (Lipinski definition) is 3. The van der Waals surface area contributed by atoms with E-state index in [0.29, 0.717) is 5.75 Å². The summed E-state index contributed by atoms with van der Waals surface area (Å²) >= 11 is 0. The Balaban J connectivity index is 0.000000166. The summed E-state index contributed by atoms with van der Waals surface area (Å²) in [6.07, 6.45) is 0.0847. The van der Waals surface area contributed by atoms with Crippen molar-refractivity contribution in [1.82, 2.24) is 0 Å². The van der Waals surface area contributed by atoms with Crippen LogP contribution in [0.2, 0.25) is 0 Å². The number of rotatable bonds is 5. The SMILES string of the molecule is O=C(O)COc1cccc2ccccc12.O=C(O)Cc1cccc2ccccc12. The van der Waals surface area contributed by atoms with Crippen LogP contribution in [0.3, 0.4) is 0 Å². The quantitative estimate of drug-likeness (QED) is 0.514. The third kappa shape index (κ3) is 5.32. The molecule has 0 amide bonds. The normalized spacial score (nSPS) is 10.2. The molecule has 0 aliphatic carbocycles. The van der Waals surface area contributed by atoms with Crippen LogP contribution in [-0.4, -0.2) is 28.8 Å². The van der Waals surface area contributed by atoms with Gasteiger partial charge in [-0.3, -0.25) is 4.79 Å². The van der Waals surface area contributed by atoms with Crippen molar-refractivity contribution in [2.45, 2.75) is 6.42 Å². The number of carboxylic acid groups (broad SMARTS) is 2. The van der Waals surface area contributed by atoms with Gasteiger partial charge in [-0.1, -0.05) is 78.9 Å². The summed E-state index contributed by atoms with van der Waals surface area (Å²) in [4.78, 5) is 21.0. The highest BCUT2D eigenvalue weighted by atomic mass is 16.5. The molecule has 0 saturated heterocycles. The molecule has 4 aromatic carbocycles. The van der Waals surface area contributed by atoms with Crippen LogP contribution in [0.4, 0.5) is 0 Å². The van der Waals surface area contributed by atoms with Crippen molar-refractivity contribution in [3.05, 3.63) is 90.5 Å². The van der Waals surface area contributed by atoms with Gasteiger partial charge >= 0.3 is 11.9 Å². The zero-order valence-electron chi connectivity index (χ0n) is 15.6. The molecule has 5 heteroatoms. The second-order valence-electron chi connectivity index (χ2n) is 6.37. The topological polar surface area (TPSA) is 83.8 Å². The average Bonchev–Trinajstić information content (AvgIpc) is 2.72. The van der Waals surface area contributed by atoms with E-state index in [1.807, 2.05) is 78.9 Å². The van der Waals surface area contributed by atoms with Gasteiger partial charge in [0.25, 0.3) is 0 Å². The maximum atomic E-state index is 10.6. The van der Waals surface area contributed by atoms with Crippen LogP contribution in [0.5, 0.6) is 5.75 Å². The van der Waals surface area contributed by atoms with E-state index >= 15 is 0 Å². The van der Waals surface area contributed by atoms with Crippen molar-refractivity contribution in [1.29, 1.82) is 0 Å². The highest BCUT2D eigenvalue weighted by Crippen LogP contribution is 2.24. The fraction of sp³-hybridized carbons (Fsp3) is 0.0833. The van der Waals surface area contributed by atoms with Crippen LogP contribution >= 0.6 is 0 Å². The maximum Gasteiger partial charge on any atom is 0.341 e. The highest BCUT2D eigenvalue weighted by Gasteiger charge is 2.04. The summed E-state index contributed by atoms with van der Waals surface area (Å²) in [5, 5.41) is 21.3. The lowest BCUT2D eigenvalue weighted by Crippen LogP contribution is -2.09. The van der Waals surface area contributed by atoms with Gasteiger partial charge in [0.1, 0.15) is 5.75 Å². The zero-order chi connectivity index (χ0) is 20.6. The minimum absolute atomic E-state index is 0.0847. The van der Waals surface area contributed by atoms with Crippen LogP contribution in [0.15, 0.2) is 84.9 Å². The number of benzene rings is 4. The molecule has 146 valence electrons. The molecule has 0 unspecified atom stereocenters. The molecule has 0 radical (unpaired) electrons. The van der Waals surface area contributed by atoms with Crippen LogP contribution in [0.1, 0.15) is 5.56 Å². The number of aliphatic carboxylic acids is 2. The maximum absolute atomic E-state index is 10.6. The molecule has 0 heterocycles. The molecule has 0 spiro atoms. The third-order valence-electron chi connectivity index (χ3n) is 4.32. The predicted molar refractivity (Wildman–Crippen MR) is 112 cm³/mol. The molecule has 5 nitrogen and oxygen atoms in total. The van der Waals surface area contributed by atoms with E-state index in [-0.39, 0.29) is 13.0 Å². The number of carboxylic acids is 2. The lowest BCUT2D eigenvalue weighted by Gasteiger charge is -2.06. The minimum atomic E-state index is -0.970.